The first kappa shape index (κ1) is 31.7. The fourth-order valence-corrected chi connectivity index (χ4v) is 5.54. The maximum Gasteiger partial charge on any atom is 0.281 e. The zero-order chi connectivity index (χ0) is 31.1. The Balaban J connectivity index is 1.43. The van der Waals surface area contributed by atoms with Crippen molar-refractivity contribution in [3.63, 3.8) is 0 Å². The van der Waals surface area contributed by atoms with Crippen LogP contribution in [-0.2, 0) is 19.6 Å². The number of morpholine rings is 1. The van der Waals surface area contributed by atoms with E-state index in [9.17, 15) is 28.4 Å². The molecule has 3 aromatic carbocycles. The lowest BCUT2D eigenvalue weighted by molar-refractivity contribution is -0.219. The number of amides is 1. The number of benzene rings is 3. The minimum absolute atomic E-state index is 0.117. The van der Waals surface area contributed by atoms with Crippen molar-refractivity contribution >= 4 is 44.9 Å². The highest BCUT2D eigenvalue weighted by Gasteiger charge is 2.19. The SMILES string of the molecule is Cc1cc(C#N)cc(C(=O)c2cc(Cl)ccc2OCC(=O)Nc2ccc(S(=O)(=O)/N=C(/[O-])CN3CCOCC3)cc2C)c1. The van der Waals surface area contributed by atoms with E-state index < -0.39 is 34.2 Å². The second kappa shape index (κ2) is 13.8. The Hall–Kier alpha value is -4.28. The number of sulfonamides is 1. The number of nitriles is 1. The number of hydrogen-bond acceptors (Lipinski definition) is 9. The summed E-state index contributed by atoms with van der Waals surface area (Å²) in [6.45, 7) is 4.74. The Bertz CT molecular complexity index is 1730. The lowest BCUT2D eigenvalue weighted by Gasteiger charge is -2.28. The summed E-state index contributed by atoms with van der Waals surface area (Å²) < 4.78 is 39.7. The van der Waals surface area contributed by atoms with Gasteiger partial charge in [0.2, 0.25) is 0 Å². The number of rotatable bonds is 10. The van der Waals surface area contributed by atoms with Gasteiger partial charge in [-0.25, -0.2) is 0 Å². The van der Waals surface area contributed by atoms with E-state index in [1.807, 2.05) is 6.07 Å². The van der Waals surface area contributed by atoms with Crippen LogP contribution in [0.15, 0.2) is 63.9 Å². The highest BCUT2D eigenvalue weighted by Crippen LogP contribution is 2.27. The van der Waals surface area contributed by atoms with Crippen LogP contribution in [0.3, 0.4) is 0 Å². The van der Waals surface area contributed by atoms with Crippen molar-refractivity contribution in [3.8, 4) is 11.8 Å². The van der Waals surface area contributed by atoms with Crippen LogP contribution in [0.1, 0.15) is 32.6 Å². The molecule has 43 heavy (non-hydrogen) atoms. The van der Waals surface area contributed by atoms with Gasteiger partial charge in [0.25, 0.3) is 15.9 Å². The maximum atomic E-state index is 13.3. The van der Waals surface area contributed by atoms with E-state index in [4.69, 9.17) is 21.1 Å². The van der Waals surface area contributed by atoms with Gasteiger partial charge in [-0.3, -0.25) is 14.5 Å². The second-order valence-corrected chi connectivity index (χ2v) is 11.9. The van der Waals surface area contributed by atoms with Crippen molar-refractivity contribution in [3.05, 3.63) is 87.4 Å². The third-order valence-electron chi connectivity index (χ3n) is 6.47. The van der Waals surface area contributed by atoms with Crippen LogP contribution in [0.25, 0.3) is 0 Å². The zero-order valence-corrected chi connectivity index (χ0v) is 25.0. The first-order chi connectivity index (χ1) is 20.4. The Labute approximate surface area is 254 Å². The normalized spacial score (nSPS) is 14.1. The molecule has 13 heteroatoms. The Kier molecular flexibility index (Phi) is 10.2. The number of nitrogens with one attached hydrogen (secondary N) is 1. The van der Waals surface area contributed by atoms with E-state index in [0.717, 1.165) is 5.56 Å². The number of nitrogens with zero attached hydrogens (tertiary/aromatic N) is 3. The van der Waals surface area contributed by atoms with Crippen LogP contribution in [0.4, 0.5) is 5.69 Å². The number of anilines is 1. The molecule has 0 atom stereocenters. The number of hydrogen-bond donors (Lipinski definition) is 1. The van der Waals surface area contributed by atoms with E-state index in [1.54, 1.807) is 30.9 Å². The van der Waals surface area contributed by atoms with E-state index in [1.165, 1.54) is 42.5 Å². The number of aryl methyl sites for hydroxylation is 2. The summed E-state index contributed by atoms with van der Waals surface area (Å²) in [6, 6.07) is 15.1. The van der Waals surface area contributed by atoms with Crippen molar-refractivity contribution in [1.82, 2.24) is 4.90 Å². The molecule has 1 saturated heterocycles. The smallest absolute Gasteiger partial charge is 0.281 e. The van der Waals surface area contributed by atoms with Gasteiger partial charge < -0.3 is 19.9 Å². The molecule has 0 saturated carbocycles. The molecule has 0 aliphatic carbocycles. The van der Waals surface area contributed by atoms with Gasteiger partial charge in [0, 0.05) is 35.9 Å². The van der Waals surface area contributed by atoms with Crippen LogP contribution in [0.2, 0.25) is 5.02 Å². The van der Waals surface area contributed by atoms with Gasteiger partial charge >= 0.3 is 0 Å². The topological polar surface area (TPSA) is 161 Å². The molecule has 0 bridgehead atoms. The summed E-state index contributed by atoms with van der Waals surface area (Å²) >= 11 is 6.13. The summed E-state index contributed by atoms with van der Waals surface area (Å²) in [5.74, 6) is -1.66. The number of carbonyl (C=O) groups is 2. The number of ketones is 1. The summed E-state index contributed by atoms with van der Waals surface area (Å²) in [5, 5.41) is 24.5. The average Bonchev–Trinajstić information content (AvgIpc) is 2.96. The van der Waals surface area contributed by atoms with Crippen LogP contribution < -0.4 is 15.2 Å². The van der Waals surface area contributed by atoms with Gasteiger partial charge in [-0.1, -0.05) is 11.6 Å². The highest BCUT2D eigenvalue weighted by atomic mass is 35.5. The summed E-state index contributed by atoms with van der Waals surface area (Å²) in [4.78, 5) is 27.6. The summed E-state index contributed by atoms with van der Waals surface area (Å²) in [6.07, 6.45) is 0. The van der Waals surface area contributed by atoms with Crippen molar-refractivity contribution in [2.45, 2.75) is 18.7 Å². The summed E-state index contributed by atoms with van der Waals surface area (Å²) in [7, 11) is -4.25. The molecule has 224 valence electrons. The van der Waals surface area contributed by atoms with Gasteiger partial charge in [0.15, 0.2) is 12.4 Å². The van der Waals surface area contributed by atoms with Crippen LogP contribution >= 0.6 is 11.6 Å². The molecular weight excluding hydrogens is 596 g/mol. The van der Waals surface area contributed by atoms with Crippen molar-refractivity contribution in [2.75, 3.05) is 44.8 Å². The van der Waals surface area contributed by atoms with Crippen LogP contribution in [0.5, 0.6) is 5.75 Å². The van der Waals surface area contributed by atoms with E-state index >= 15 is 0 Å². The third kappa shape index (κ3) is 8.39. The molecule has 1 aliphatic heterocycles. The standard InChI is InChI=1S/C30H29ClN4O7S/c1-19-11-21(16-32)14-22(12-19)30(38)25-15-23(31)3-6-27(25)42-18-29(37)33-26-5-4-24(13-20(26)2)43(39,40)34-28(36)17-35-7-9-41-10-8-35/h3-6,11-15H,7-10,17-18H2,1-2H3,(H,33,37)(H,34,36)/p-1. The van der Waals surface area contributed by atoms with E-state index in [0.29, 0.717) is 43.1 Å². The lowest BCUT2D eigenvalue weighted by Crippen LogP contribution is -2.43. The Morgan fingerprint density at radius 1 is 1.12 bits per heavy atom. The first-order valence-corrected chi connectivity index (χ1v) is 15.0. The molecule has 1 aliphatic rings. The predicted molar refractivity (Wildman–Crippen MR) is 158 cm³/mol. The molecule has 0 unspecified atom stereocenters. The molecule has 1 fully saturated rings. The van der Waals surface area contributed by atoms with Crippen LogP contribution in [-0.4, -0.2) is 70.4 Å². The van der Waals surface area contributed by atoms with Gasteiger partial charge in [0.1, 0.15) is 5.75 Å². The zero-order valence-electron chi connectivity index (χ0n) is 23.4. The summed E-state index contributed by atoms with van der Waals surface area (Å²) in [5.41, 5.74) is 2.19. The molecule has 1 heterocycles. The molecular formula is C30H28ClN4O7S-. The monoisotopic (exact) mass is 623 g/mol. The average molecular weight is 624 g/mol. The number of ether oxygens (including phenoxy) is 2. The predicted octanol–water partition coefficient (Wildman–Crippen LogP) is 2.86. The molecule has 11 nitrogen and oxygen atoms in total. The first-order valence-electron chi connectivity index (χ1n) is 13.2. The highest BCUT2D eigenvalue weighted by molar-refractivity contribution is 7.90. The van der Waals surface area contributed by atoms with Crippen molar-refractivity contribution in [1.29, 1.82) is 5.26 Å². The Morgan fingerprint density at radius 3 is 2.56 bits per heavy atom. The van der Waals surface area contributed by atoms with Crippen molar-refractivity contribution < 1.29 is 32.6 Å². The molecule has 0 aromatic heterocycles. The molecule has 0 radical (unpaired) electrons. The molecule has 0 spiro atoms. The van der Waals surface area contributed by atoms with Gasteiger partial charge in [-0.2, -0.15) is 18.1 Å². The van der Waals surface area contributed by atoms with Crippen LogP contribution in [0, 0.1) is 25.2 Å². The van der Waals surface area contributed by atoms with E-state index in [-0.39, 0.29) is 33.3 Å². The van der Waals surface area contributed by atoms with E-state index in [2.05, 4.69) is 9.71 Å². The number of halogens is 1. The minimum Gasteiger partial charge on any atom is -0.860 e. The molecule has 1 amide bonds. The van der Waals surface area contributed by atoms with Gasteiger partial charge in [0.05, 0.1) is 35.3 Å². The van der Waals surface area contributed by atoms with Gasteiger partial charge in [-0.05, 0) is 85.5 Å². The molecule has 4 rings (SSSR count). The molecule has 3 aromatic rings. The Morgan fingerprint density at radius 2 is 1.86 bits per heavy atom. The van der Waals surface area contributed by atoms with Crippen molar-refractivity contribution in [2.24, 2.45) is 4.40 Å². The minimum atomic E-state index is -4.25. The quantitative estimate of drug-likeness (QED) is 0.203. The maximum absolute atomic E-state index is 13.3. The lowest BCUT2D eigenvalue weighted by atomic mass is 9.98. The largest absolute Gasteiger partial charge is 0.860 e. The second-order valence-electron chi connectivity index (χ2n) is 9.83. The number of carbonyl (C=O) groups excluding carboxylic acids is 2. The van der Waals surface area contributed by atoms with Gasteiger partial charge in [-0.15, -0.1) is 0 Å². The third-order valence-corrected chi connectivity index (χ3v) is 8.00. The molecule has 1 N–H and O–H groups in total. The fraction of sp³-hybridized carbons (Fsp3) is 0.267. The fourth-order valence-electron chi connectivity index (χ4n) is 4.37.